The zero-order valence-corrected chi connectivity index (χ0v) is 27.6. The summed E-state index contributed by atoms with van der Waals surface area (Å²) in [6.07, 6.45) is 7.23. The molecule has 48 heavy (non-hydrogen) atoms. The lowest BCUT2D eigenvalue weighted by molar-refractivity contribution is -0.129. The molecule has 0 spiro atoms. The molecule has 6 heterocycles. The van der Waals surface area contributed by atoms with Gasteiger partial charge < -0.3 is 32.7 Å². The molecule has 2 N–H and O–H groups in total. The quantitative estimate of drug-likeness (QED) is 0.231. The van der Waals surface area contributed by atoms with Gasteiger partial charge in [-0.05, 0) is 59.0 Å². The molecule has 1 aliphatic rings. The van der Waals surface area contributed by atoms with Crippen LogP contribution in [0.3, 0.4) is 0 Å². The Labute approximate surface area is 285 Å². The van der Waals surface area contributed by atoms with Gasteiger partial charge in [0.2, 0.25) is 29.5 Å². The minimum absolute atomic E-state index is 0.0372. The van der Waals surface area contributed by atoms with E-state index in [1.807, 2.05) is 24.3 Å². The van der Waals surface area contributed by atoms with Gasteiger partial charge in [-0.15, -0.1) is 0 Å². The first-order valence-corrected chi connectivity index (χ1v) is 15.9. The molecule has 7 rings (SSSR count). The van der Waals surface area contributed by atoms with Gasteiger partial charge in [0, 0.05) is 9.99 Å². The summed E-state index contributed by atoms with van der Waals surface area (Å²) in [6.45, 7) is 3.55. The summed E-state index contributed by atoms with van der Waals surface area (Å²) in [6, 6.07) is 5.77. The van der Waals surface area contributed by atoms with Gasteiger partial charge in [-0.25, -0.2) is 19.9 Å². The molecule has 2 atom stereocenters. The van der Waals surface area contributed by atoms with Gasteiger partial charge in [-0.2, -0.15) is 4.98 Å². The highest BCUT2D eigenvalue weighted by molar-refractivity contribution is 14.1. The summed E-state index contributed by atoms with van der Waals surface area (Å²) in [4.78, 5) is 62.3. The second kappa shape index (κ2) is 13.0. The van der Waals surface area contributed by atoms with E-state index < -0.39 is 23.9 Å². The van der Waals surface area contributed by atoms with Crippen LogP contribution in [0.25, 0.3) is 46.3 Å². The van der Waals surface area contributed by atoms with Gasteiger partial charge >= 0.3 is 5.91 Å². The highest BCUT2D eigenvalue weighted by atomic mass is 127. The lowest BCUT2D eigenvalue weighted by Gasteiger charge is -2.25. The molecular weight excluding hydrogens is 737 g/mol. The lowest BCUT2D eigenvalue weighted by Crippen LogP contribution is -2.54. The minimum atomic E-state index is -1.01. The summed E-state index contributed by atoms with van der Waals surface area (Å²) < 4.78 is 28.8. The molecule has 15 nitrogen and oxygen atoms in total. The van der Waals surface area contributed by atoms with Crippen molar-refractivity contribution in [1.82, 2.24) is 35.6 Å². The fraction of sp³-hybridized carbons (Fsp3) is 0.250. The number of aromatic nitrogens is 5. The molecule has 16 heteroatoms. The smallest absolute Gasteiger partial charge is 0.307 e. The molecule has 1 aliphatic heterocycles. The van der Waals surface area contributed by atoms with Crippen LogP contribution in [0.1, 0.15) is 42.2 Å². The molecule has 0 fully saturated rings. The standard InChI is InChI=1S/C32H26IN7O8/c1-15(2)25-26(42)35-19(9-16-3-5-17(33)6-4-16)24(41)8-7-18-10-44-28(34-18)20-11-45-29(36-20)21-12-46-30(37-21)22-13-47-31(38-22)23-14-48-32(39-23)27(43)40-25/h3-6,10-15,19,25H,7-9H2,1-2H3,(H,35,42)(H,40,43). The molecule has 2 amide bonds. The Morgan fingerprint density at radius 3 is 1.75 bits per heavy atom. The molecule has 244 valence electrons. The molecule has 2 unspecified atom stereocenters. The van der Waals surface area contributed by atoms with E-state index in [2.05, 4.69) is 58.1 Å². The number of halogens is 1. The summed E-state index contributed by atoms with van der Waals surface area (Å²) >= 11 is 2.20. The maximum atomic E-state index is 13.7. The van der Waals surface area contributed by atoms with Crippen LogP contribution in [0.4, 0.5) is 0 Å². The predicted molar refractivity (Wildman–Crippen MR) is 173 cm³/mol. The Morgan fingerprint density at radius 2 is 1.19 bits per heavy atom. The van der Waals surface area contributed by atoms with E-state index in [0.29, 0.717) is 11.4 Å². The maximum absolute atomic E-state index is 13.7. The maximum Gasteiger partial charge on any atom is 0.307 e. The number of rotatable bonds is 3. The fourth-order valence-electron chi connectivity index (χ4n) is 5.01. The number of oxazole rings is 5. The Hall–Kier alpha value is -5.39. The molecule has 0 radical (unpaired) electrons. The van der Waals surface area contributed by atoms with Crippen molar-refractivity contribution >= 4 is 40.2 Å². The largest absolute Gasteiger partial charge is 0.443 e. The normalized spacial score (nSPS) is 17.2. The molecule has 10 bridgehead atoms. The number of ketones is 1. The summed E-state index contributed by atoms with van der Waals surface area (Å²) in [5.41, 5.74) is 2.35. The van der Waals surface area contributed by atoms with E-state index in [1.54, 1.807) is 13.8 Å². The Balaban J connectivity index is 1.22. The van der Waals surface area contributed by atoms with Gasteiger partial charge in [-0.1, -0.05) is 26.0 Å². The number of nitrogens with one attached hydrogen (secondary N) is 2. The first kappa shape index (κ1) is 31.2. The highest BCUT2D eigenvalue weighted by Gasteiger charge is 2.31. The van der Waals surface area contributed by atoms with Crippen LogP contribution in [-0.4, -0.2) is 54.6 Å². The van der Waals surface area contributed by atoms with Gasteiger partial charge in [0.05, 0.1) is 11.7 Å². The van der Waals surface area contributed by atoms with Crippen molar-refractivity contribution in [2.45, 2.75) is 45.2 Å². The molecule has 1 aromatic carbocycles. The third-order valence-electron chi connectivity index (χ3n) is 7.56. The SMILES string of the molecule is CC(C)C1NC(=O)c2nc(co2)-c2nc(co2)-c2nc(co2)-c2nc(co2)-c2nc(co2)CCC(=O)C(Cc2ccc(I)cc2)NC1=O. The number of fused-ring (bicyclic) bond motifs is 14. The topological polar surface area (TPSA) is 205 Å². The molecule has 6 aromatic rings. The summed E-state index contributed by atoms with van der Waals surface area (Å²) in [5.74, 6) is -1.65. The van der Waals surface area contributed by atoms with Gasteiger partial charge in [0.15, 0.2) is 28.6 Å². The van der Waals surface area contributed by atoms with Crippen molar-refractivity contribution in [3.8, 4) is 46.3 Å². The van der Waals surface area contributed by atoms with Crippen LogP contribution in [0.2, 0.25) is 0 Å². The van der Waals surface area contributed by atoms with E-state index in [1.165, 1.54) is 31.3 Å². The Kier molecular flexibility index (Phi) is 8.47. The van der Waals surface area contributed by atoms with Gasteiger partial charge in [0.25, 0.3) is 5.89 Å². The van der Waals surface area contributed by atoms with Crippen molar-refractivity contribution < 1.29 is 36.5 Å². The van der Waals surface area contributed by atoms with Crippen LogP contribution in [0.15, 0.2) is 77.7 Å². The van der Waals surface area contributed by atoms with Crippen molar-refractivity contribution in [1.29, 1.82) is 0 Å². The van der Waals surface area contributed by atoms with E-state index in [0.717, 1.165) is 9.13 Å². The van der Waals surface area contributed by atoms with E-state index in [-0.39, 0.29) is 77.5 Å². The van der Waals surface area contributed by atoms with Crippen LogP contribution in [0.5, 0.6) is 0 Å². The van der Waals surface area contributed by atoms with E-state index in [4.69, 9.17) is 22.1 Å². The molecular formula is C32H26IN7O8. The molecule has 5 aromatic heterocycles. The molecule has 0 aliphatic carbocycles. The predicted octanol–water partition coefficient (Wildman–Crippen LogP) is 4.90. The second-order valence-electron chi connectivity index (χ2n) is 11.3. The van der Waals surface area contributed by atoms with Crippen molar-refractivity contribution in [3.05, 3.63) is 76.3 Å². The second-order valence-corrected chi connectivity index (χ2v) is 12.6. The highest BCUT2D eigenvalue weighted by Crippen LogP contribution is 2.29. The zero-order chi connectivity index (χ0) is 33.4. The van der Waals surface area contributed by atoms with Crippen molar-refractivity contribution in [2.75, 3.05) is 0 Å². The number of benzene rings is 1. The monoisotopic (exact) mass is 763 g/mol. The summed E-state index contributed by atoms with van der Waals surface area (Å²) in [7, 11) is 0. The minimum Gasteiger partial charge on any atom is -0.443 e. The van der Waals surface area contributed by atoms with Gasteiger partial charge in [0.1, 0.15) is 37.4 Å². The number of Topliss-reactive ketones (excluding diaryl/α,β-unsaturated/α-hetero) is 1. The average molecular weight is 764 g/mol. The Morgan fingerprint density at radius 1 is 0.688 bits per heavy atom. The van der Waals surface area contributed by atoms with Crippen molar-refractivity contribution in [2.24, 2.45) is 5.92 Å². The van der Waals surface area contributed by atoms with Crippen LogP contribution in [-0.2, 0) is 22.4 Å². The first-order chi connectivity index (χ1) is 23.2. The van der Waals surface area contributed by atoms with Crippen LogP contribution < -0.4 is 10.6 Å². The zero-order valence-electron chi connectivity index (χ0n) is 25.4. The summed E-state index contributed by atoms with van der Waals surface area (Å²) in [5, 5.41) is 5.56. The van der Waals surface area contributed by atoms with Crippen LogP contribution >= 0.6 is 22.6 Å². The lowest BCUT2D eigenvalue weighted by atomic mass is 9.97. The number of hydrogen-bond donors (Lipinski definition) is 2. The average Bonchev–Trinajstić information content (AvgIpc) is 3.90. The number of carbonyl (C=O) groups excluding carboxylic acids is 3. The third kappa shape index (κ3) is 6.55. The van der Waals surface area contributed by atoms with Crippen LogP contribution in [0, 0.1) is 9.49 Å². The third-order valence-corrected chi connectivity index (χ3v) is 8.28. The fourth-order valence-corrected chi connectivity index (χ4v) is 5.37. The van der Waals surface area contributed by atoms with E-state index in [9.17, 15) is 14.4 Å². The number of carbonyl (C=O) groups is 3. The Bertz CT molecular complexity index is 2100. The van der Waals surface area contributed by atoms with Gasteiger partial charge in [-0.3, -0.25) is 14.4 Å². The number of hydrogen-bond acceptors (Lipinski definition) is 13. The molecule has 0 saturated heterocycles. The van der Waals surface area contributed by atoms with Crippen molar-refractivity contribution in [3.63, 3.8) is 0 Å². The first-order valence-electron chi connectivity index (χ1n) is 14.9. The number of amides is 2. The number of nitrogens with zero attached hydrogens (tertiary/aromatic N) is 5. The number of aryl methyl sites for hydroxylation is 1. The van der Waals surface area contributed by atoms with E-state index >= 15 is 0 Å². The molecule has 0 saturated carbocycles.